The molecule has 2 saturated carbocycles. The van der Waals surface area contributed by atoms with Crippen LogP contribution in [-0.4, -0.2) is 19.5 Å². The molecule has 0 amide bonds. The van der Waals surface area contributed by atoms with Crippen LogP contribution < -0.4 is 0 Å². The fourth-order valence-electron chi connectivity index (χ4n) is 3.62. The topological polar surface area (TPSA) is 18.5 Å². The highest BCUT2D eigenvalue weighted by Crippen LogP contribution is 2.56. The Labute approximate surface area is 118 Å². The summed E-state index contributed by atoms with van der Waals surface area (Å²) in [5.41, 5.74) is 0. The minimum atomic E-state index is 0.111. The van der Waals surface area contributed by atoms with Gasteiger partial charge in [0.25, 0.3) is 0 Å². The van der Waals surface area contributed by atoms with Gasteiger partial charge in [0.1, 0.15) is 0 Å². The second-order valence-electron chi connectivity index (χ2n) is 6.87. The van der Waals surface area contributed by atoms with E-state index in [0.717, 1.165) is 37.4 Å². The van der Waals surface area contributed by atoms with Gasteiger partial charge in [-0.05, 0) is 62.7 Å². The molecule has 1 saturated heterocycles. The van der Waals surface area contributed by atoms with Crippen LogP contribution in [0.3, 0.4) is 0 Å². The predicted octanol–water partition coefficient (Wildman–Crippen LogP) is 4.53. The van der Waals surface area contributed by atoms with Crippen LogP contribution in [0.25, 0.3) is 0 Å². The van der Waals surface area contributed by atoms with E-state index < -0.39 is 0 Å². The summed E-state index contributed by atoms with van der Waals surface area (Å²) in [7, 11) is 0. The first-order valence-corrected chi connectivity index (χ1v) is 8.66. The number of hydrogen-bond donors (Lipinski definition) is 0. The molecule has 3 atom stereocenters. The van der Waals surface area contributed by atoms with E-state index in [1.807, 2.05) is 0 Å². The van der Waals surface area contributed by atoms with Gasteiger partial charge in [-0.25, -0.2) is 0 Å². The van der Waals surface area contributed by atoms with Crippen LogP contribution >= 0.6 is 0 Å². The summed E-state index contributed by atoms with van der Waals surface area (Å²) in [5, 5.41) is 0. The maximum absolute atomic E-state index is 5.76. The quantitative estimate of drug-likeness (QED) is 0.571. The van der Waals surface area contributed by atoms with E-state index in [4.69, 9.17) is 9.47 Å². The maximum Gasteiger partial charge on any atom is 0.157 e. The molecule has 1 heterocycles. The van der Waals surface area contributed by atoms with E-state index in [1.165, 1.54) is 44.9 Å². The van der Waals surface area contributed by atoms with E-state index in [0.29, 0.717) is 0 Å². The zero-order chi connectivity index (χ0) is 12.9. The van der Waals surface area contributed by atoms with Crippen LogP contribution in [0.4, 0.5) is 0 Å². The third-order valence-electron chi connectivity index (χ3n) is 5.12. The van der Waals surface area contributed by atoms with Crippen LogP contribution in [0.2, 0.25) is 0 Å². The van der Waals surface area contributed by atoms with Crippen molar-refractivity contribution in [2.75, 3.05) is 13.2 Å². The number of unbranched alkanes of at least 4 members (excludes halogenated alkanes) is 3. The SMILES string of the molecule is C(CCCC1CC1C1CC1)CCOC1CCCCO1. The fourth-order valence-corrected chi connectivity index (χ4v) is 3.62. The van der Waals surface area contributed by atoms with Gasteiger partial charge in [0.2, 0.25) is 0 Å². The Morgan fingerprint density at radius 2 is 1.84 bits per heavy atom. The minimum absolute atomic E-state index is 0.111. The summed E-state index contributed by atoms with van der Waals surface area (Å²) in [5.74, 6) is 3.44. The second-order valence-corrected chi connectivity index (χ2v) is 6.87. The Balaban J connectivity index is 1.10. The van der Waals surface area contributed by atoms with Crippen molar-refractivity contribution in [1.82, 2.24) is 0 Å². The third kappa shape index (κ3) is 4.75. The first-order chi connectivity index (χ1) is 9.43. The second kappa shape index (κ2) is 7.08. The lowest BCUT2D eigenvalue weighted by molar-refractivity contribution is -0.162. The molecule has 110 valence electrons. The van der Waals surface area contributed by atoms with Crippen molar-refractivity contribution in [3.05, 3.63) is 0 Å². The summed E-state index contributed by atoms with van der Waals surface area (Å²) in [6.07, 6.45) is 15.3. The summed E-state index contributed by atoms with van der Waals surface area (Å²) in [6.45, 7) is 1.80. The molecule has 3 aliphatic rings. The van der Waals surface area contributed by atoms with E-state index >= 15 is 0 Å². The molecular weight excluding hydrogens is 236 g/mol. The average Bonchev–Trinajstić information content (AvgIpc) is 3.31. The lowest BCUT2D eigenvalue weighted by Gasteiger charge is -2.22. The van der Waals surface area contributed by atoms with Gasteiger partial charge in [-0.15, -0.1) is 0 Å². The molecule has 2 aliphatic carbocycles. The van der Waals surface area contributed by atoms with Crippen LogP contribution in [-0.2, 0) is 9.47 Å². The van der Waals surface area contributed by atoms with Crippen LogP contribution in [0, 0.1) is 17.8 Å². The molecule has 0 aromatic heterocycles. The number of ether oxygens (including phenoxy) is 2. The van der Waals surface area contributed by atoms with Gasteiger partial charge in [0, 0.05) is 13.2 Å². The van der Waals surface area contributed by atoms with Crippen molar-refractivity contribution < 1.29 is 9.47 Å². The Kier molecular flexibility index (Phi) is 5.17. The maximum atomic E-state index is 5.76. The molecule has 0 aromatic rings. The highest BCUT2D eigenvalue weighted by Gasteiger charge is 2.46. The summed E-state index contributed by atoms with van der Waals surface area (Å²) in [4.78, 5) is 0. The Morgan fingerprint density at radius 1 is 0.947 bits per heavy atom. The number of hydrogen-bond acceptors (Lipinski definition) is 2. The monoisotopic (exact) mass is 266 g/mol. The van der Waals surface area contributed by atoms with E-state index in [2.05, 4.69) is 0 Å². The summed E-state index contributed by atoms with van der Waals surface area (Å²) < 4.78 is 11.3. The van der Waals surface area contributed by atoms with Crippen molar-refractivity contribution in [2.24, 2.45) is 17.8 Å². The fraction of sp³-hybridized carbons (Fsp3) is 1.00. The normalized spacial score (nSPS) is 34.4. The molecule has 2 nitrogen and oxygen atoms in total. The highest BCUT2D eigenvalue weighted by atomic mass is 16.7. The van der Waals surface area contributed by atoms with Crippen LogP contribution in [0.1, 0.15) is 70.6 Å². The van der Waals surface area contributed by atoms with Crippen molar-refractivity contribution in [3.8, 4) is 0 Å². The molecule has 3 fully saturated rings. The van der Waals surface area contributed by atoms with Gasteiger partial charge in [-0.2, -0.15) is 0 Å². The summed E-state index contributed by atoms with van der Waals surface area (Å²) >= 11 is 0. The predicted molar refractivity (Wildman–Crippen MR) is 76.9 cm³/mol. The standard InChI is InChI=1S/C17H30O2/c1(3-7-15-13-16(15)14-9-10-14)2-5-11-18-17-8-4-6-12-19-17/h14-17H,1-13H2. The minimum Gasteiger partial charge on any atom is -0.353 e. The van der Waals surface area contributed by atoms with Crippen molar-refractivity contribution >= 4 is 0 Å². The average molecular weight is 266 g/mol. The molecule has 1 aliphatic heterocycles. The van der Waals surface area contributed by atoms with Crippen molar-refractivity contribution in [1.29, 1.82) is 0 Å². The Hall–Kier alpha value is -0.0800. The van der Waals surface area contributed by atoms with Crippen molar-refractivity contribution in [2.45, 2.75) is 76.9 Å². The van der Waals surface area contributed by atoms with Crippen molar-refractivity contribution in [3.63, 3.8) is 0 Å². The zero-order valence-corrected chi connectivity index (χ0v) is 12.3. The number of rotatable bonds is 9. The molecule has 0 spiro atoms. The molecule has 3 unspecified atom stereocenters. The lowest BCUT2D eigenvalue weighted by Crippen LogP contribution is -2.22. The molecule has 0 aromatic carbocycles. The zero-order valence-electron chi connectivity index (χ0n) is 12.3. The molecular formula is C17H30O2. The van der Waals surface area contributed by atoms with E-state index in [9.17, 15) is 0 Å². The Morgan fingerprint density at radius 3 is 2.63 bits per heavy atom. The van der Waals surface area contributed by atoms with Gasteiger partial charge < -0.3 is 9.47 Å². The molecule has 0 bridgehead atoms. The smallest absolute Gasteiger partial charge is 0.157 e. The van der Waals surface area contributed by atoms with E-state index in [-0.39, 0.29) is 6.29 Å². The lowest BCUT2D eigenvalue weighted by atomic mass is 10.1. The van der Waals surface area contributed by atoms with Crippen LogP contribution in [0.5, 0.6) is 0 Å². The molecule has 0 radical (unpaired) electrons. The molecule has 3 rings (SSSR count). The third-order valence-corrected chi connectivity index (χ3v) is 5.12. The van der Waals surface area contributed by atoms with Gasteiger partial charge >= 0.3 is 0 Å². The van der Waals surface area contributed by atoms with Gasteiger partial charge in [-0.3, -0.25) is 0 Å². The largest absolute Gasteiger partial charge is 0.353 e. The van der Waals surface area contributed by atoms with E-state index in [1.54, 1.807) is 19.3 Å². The van der Waals surface area contributed by atoms with Gasteiger partial charge in [0.15, 0.2) is 6.29 Å². The van der Waals surface area contributed by atoms with Gasteiger partial charge in [0.05, 0.1) is 0 Å². The molecule has 2 heteroatoms. The summed E-state index contributed by atoms with van der Waals surface area (Å²) in [6, 6.07) is 0. The van der Waals surface area contributed by atoms with Gasteiger partial charge in [-0.1, -0.05) is 25.7 Å². The first kappa shape index (κ1) is 13.9. The Bertz CT molecular complexity index is 256. The van der Waals surface area contributed by atoms with Crippen LogP contribution in [0.15, 0.2) is 0 Å². The molecule has 19 heavy (non-hydrogen) atoms. The highest BCUT2D eigenvalue weighted by molar-refractivity contribution is 4.96. The first-order valence-electron chi connectivity index (χ1n) is 8.66. The molecule has 0 N–H and O–H groups in total.